The van der Waals surface area contributed by atoms with Crippen molar-refractivity contribution in [3.8, 4) is 17.0 Å². The number of carbonyl (C=O) groups excluding carboxylic acids is 1. The molecule has 1 aliphatic rings. The fourth-order valence-electron chi connectivity index (χ4n) is 3.04. The van der Waals surface area contributed by atoms with Crippen molar-refractivity contribution < 1.29 is 14.6 Å². The molecular formula is C18H20N6O3. The molecule has 1 amide bonds. The van der Waals surface area contributed by atoms with Crippen molar-refractivity contribution in [1.29, 1.82) is 0 Å². The monoisotopic (exact) mass is 368 g/mol. The van der Waals surface area contributed by atoms with E-state index in [4.69, 9.17) is 9.72 Å². The number of benzene rings is 1. The van der Waals surface area contributed by atoms with E-state index in [2.05, 4.69) is 15.3 Å². The third-order valence-electron chi connectivity index (χ3n) is 4.46. The first-order valence-corrected chi connectivity index (χ1v) is 8.71. The number of carbonyl (C=O) groups is 1. The number of phenolic OH excluding ortho intramolecular Hbond substituents is 1. The van der Waals surface area contributed by atoms with Gasteiger partial charge in [0, 0.05) is 25.7 Å². The largest absolute Gasteiger partial charge is 0.508 e. The fraction of sp³-hybridized carbons (Fsp3) is 0.333. The Morgan fingerprint density at radius 2 is 2.11 bits per heavy atom. The molecule has 0 spiro atoms. The Balaban J connectivity index is 1.88. The molecule has 1 saturated heterocycles. The Labute approximate surface area is 155 Å². The average molecular weight is 368 g/mol. The van der Waals surface area contributed by atoms with Crippen molar-refractivity contribution in [1.82, 2.24) is 24.8 Å². The number of morpholine rings is 1. The van der Waals surface area contributed by atoms with E-state index in [0.717, 1.165) is 5.56 Å². The number of hydrogen-bond acceptors (Lipinski definition) is 7. The Kier molecular flexibility index (Phi) is 4.59. The van der Waals surface area contributed by atoms with E-state index in [1.54, 1.807) is 36.1 Å². The Hall–Kier alpha value is -3.20. The lowest BCUT2D eigenvalue weighted by Gasteiger charge is -2.27. The van der Waals surface area contributed by atoms with Crippen molar-refractivity contribution in [2.45, 2.75) is 6.54 Å². The zero-order chi connectivity index (χ0) is 18.8. The second-order valence-electron chi connectivity index (χ2n) is 6.24. The predicted molar refractivity (Wildman–Crippen MR) is 99.5 cm³/mol. The summed E-state index contributed by atoms with van der Waals surface area (Å²) in [6, 6.07) is 6.87. The summed E-state index contributed by atoms with van der Waals surface area (Å²) in [5.41, 5.74) is 2.52. The summed E-state index contributed by atoms with van der Waals surface area (Å²) in [5.74, 6) is 0.569. The minimum absolute atomic E-state index is 0.117. The number of rotatable bonds is 4. The minimum atomic E-state index is -0.139. The molecule has 0 atom stereocenters. The van der Waals surface area contributed by atoms with E-state index in [1.807, 2.05) is 11.0 Å². The number of nitrogens with zero attached hydrogens (tertiary/aromatic N) is 5. The SMILES string of the molecule is CNC(=O)Cn1cnc2c(-c3cccc(O)c3)nc(N3CCOCC3)nc21. The van der Waals surface area contributed by atoms with Crippen molar-refractivity contribution in [2.75, 3.05) is 38.3 Å². The molecule has 140 valence electrons. The predicted octanol–water partition coefficient (Wildman–Crippen LogP) is 0.781. The molecular weight excluding hydrogens is 348 g/mol. The number of ether oxygens (including phenoxy) is 1. The van der Waals surface area contributed by atoms with Crippen LogP contribution in [-0.2, 0) is 16.1 Å². The number of hydrogen-bond donors (Lipinski definition) is 2. The average Bonchev–Trinajstić information content (AvgIpc) is 3.10. The molecule has 0 saturated carbocycles. The molecule has 3 aromatic rings. The topological polar surface area (TPSA) is 105 Å². The molecule has 0 aliphatic carbocycles. The van der Waals surface area contributed by atoms with Gasteiger partial charge in [-0.1, -0.05) is 12.1 Å². The number of aromatic nitrogens is 4. The van der Waals surface area contributed by atoms with Crippen molar-refractivity contribution in [3.63, 3.8) is 0 Å². The second-order valence-corrected chi connectivity index (χ2v) is 6.24. The first-order valence-electron chi connectivity index (χ1n) is 8.71. The molecule has 1 aromatic carbocycles. The highest BCUT2D eigenvalue weighted by Crippen LogP contribution is 2.29. The number of imidazole rings is 1. The minimum Gasteiger partial charge on any atom is -0.508 e. The van der Waals surface area contributed by atoms with Gasteiger partial charge in [0.05, 0.1) is 19.5 Å². The van der Waals surface area contributed by atoms with Gasteiger partial charge < -0.3 is 24.6 Å². The van der Waals surface area contributed by atoms with Gasteiger partial charge in [-0.15, -0.1) is 0 Å². The molecule has 2 N–H and O–H groups in total. The summed E-state index contributed by atoms with van der Waals surface area (Å²) in [6.07, 6.45) is 1.59. The van der Waals surface area contributed by atoms with Crippen LogP contribution in [0.5, 0.6) is 5.75 Å². The van der Waals surface area contributed by atoms with Gasteiger partial charge in [-0.2, -0.15) is 4.98 Å². The maximum absolute atomic E-state index is 11.8. The van der Waals surface area contributed by atoms with Gasteiger partial charge in [-0.3, -0.25) is 4.79 Å². The van der Waals surface area contributed by atoms with Gasteiger partial charge in [0.25, 0.3) is 0 Å². The zero-order valence-electron chi connectivity index (χ0n) is 14.9. The highest BCUT2D eigenvalue weighted by atomic mass is 16.5. The summed E-state index contributed by atoms with van der Waals surface area (Å²) >= 11 is 0. The lowest BCUT2D eigenvalue weighted by atomic mass is 10.1. The number of nitrogens with one attached hydrogen (secondary N) is 1. The number of aromatic hydroxyl groups is 1. The molecule has 9 nitrogen and oxygen atoms in total. The quantitative estimate of drug-likeness (QED) is 0.701. The summed E-state index contributed by atoms with van der Waals surface area (Å²) in [7, 11) is 1.59. The Morgan fingerprint density at radius 1 is 1.30 bits per heavy atom. The van der Waals surface area contributed by atoms with Crippen LogP contribution in [0.4, 0.5) is 5.95 Å². The van der Waals surface area contributed by atoms with Crippen molar-refractivity contribution in [2.24, 2.45) is 0 Å². The molecule has 9 heteroatoms. The summed E-state index contributed by atoms with van der Waals surface area (Å²) in [5, 5.41) is 12.5. The Bertz CT molecular complexity index is 980. The van der Waals surface area contributed by atoms with Gasteiger partial charge in [0.1, 0.15) is 23.5 Å². The van der Waals surface area contributed by atoms with Crippen LogP contribution < -0.4 is 10.2 Å². The number of phenols is 1. The first kappa shape index (κ1) is 17.2. The molecule has 2 aromatic heterocycles. The normalized spacial score (nSPS) is 14.5. The van der Waals surface area contributed by atoms with E-state index in [0.29, 0.717) is 49.1 Å². The van der Waals surface area contributed by atoms with E-state index >= 15 is 0 Å². The highest BCUT2D eigenvalue weighted by molar-refractivity contribution is 5.89. The molecule has 0 radical (unpaired) electrons. The summed E-state index contributed by atoms with van der Waals surface area (Å²) < 4.78 is 7.11. The van der Waals surface area contributed by atoms with Crippen LogP contribution in [0.1, 0.15) is 0 Å². The maximum Gasteiger partial charge on any atom is 0.239 e. The number of likely N-dealkylation sites (N-methyl/N-ethyl adjacent to an activating group) is 1. The van der Waals surface area contributed by atoms with E-state index in [9.17, 15) is 9.90 Å². The van der Waals surface area contributed by atoms with Gasteiger partial charge in [0.2, 0.25) is 11.9 Å². The van der Waals surface area contributed by atoms with Crippen LogP contribution in [0.3, 0.4) is 0 Å². The molecule has 1 aliphatic heterocycles. The van der Waals surface area contributed by atoms with E-state index < -0.39 is 0 Å². The third-order valence-corrected chi connectivity index (χ3v) is 4.46. The van der Waals surface area contributed by atoms with Crippen molar-refractivity contribution in [3.05, 3.63) is 30.6 Å². The standard InChI is InChI=1S/C18H20N6O3/c1-19-14(26)10-24-11-20-16-15(12-3-2-4-13(25)9-12)21-18(22-17(16)24)23-5-7-27-8-6-23/h2-4,9,11,25H,5-8,10H2,1H3,(H,19,26). The van der Waals surface area contributed by atoms with Gasteiger partial charge in [0.15, 0.2) is 5.65 Å². The fourth-order valence-corrected chi connectivity index (χ4v) is 3.04. The molecule has 3 heterocycles. The smallest absolute Gasteiger partial charge is 0.239 e. The maximum atomic E-state index is 11.8. The first-order chi connectivity index (χ1) is 13.2. The van der Waals surface area contributed by atoms with E-state index in [-0.39, 0.29) is 18.2 Å². The molecule has 0 bridgehead atoms. The second kappa shape index (κ2) is 7.20. The lowest BCUT2D eigenvalue weighted by Crippen LogP contribution is -2.37. The third kappa shape index (κ3) is 3.41. The summed E-state index contributed by atoms with van der Waals surface area (Å²) in [6.45, 7) is 2.72. The number of fused-ring (bicyclic) bond motifs is 1. The molecule has 4 rings (SSSR count). The van der Waals surface area contributed by atoms with Gasteiger partial charge in [-0.05, 0) is 12.1 Å². The van der Waals surface area contributed by atoms with Crippen LogP contribution in [0.25, 0.3) is 22.4 Å². The highest BCUT2D eigenvalue weighted by Gasteiger charge is 2.20. The number of anilines is 1. The van der Waals surface area contributed by atoms with Crippen LogP contribution in [-0.4, -0.2) is 63.9 Å². The Morgan fingerprint density at radius 3 is 2.85 bits per heavy atom. The van der Waals surface area contributed by atoms with Crippen LogP contribution in [0.15, 0.2) is 30.6 Å². The molecule has 27 heavy (non-hydrogen) atoms. The van der Waals surface area contributed by atoms with Gasteiger partial charge >= 0.3 is 0 Å². The van der Waals surface area contributed by atoms with Crippen LogP contribution in [0.2, 0.25) is 0 Å². The van der Waals surface area contributed by atoms with E-state index in [1.165, 1.54) is 0 Å². The van der Waals surface area contributed by atoms with Crippen LogP contribution in [0, 0.1) is 0 Å². The summed E-state index contributed by atoms with van der Waals surface area (Å²) in [4.78, 5) is 27.7. The van der Waals surface area contributed by atoms with Gasteiger partial charge in [-0.25, -0.2) is 9.97 Å². The molecule has 0 unspecified atom stereocenters. The van der Waals surface area contributed by atoms with Crippen LogP contribution >= 0.6 is 0 Å². The zero-order valence-corrected chi connectivity index (χ0v) is 14.9. The van der Waals surface area contributed by atoms with Crippen molar-refractivity contribution >= 4 is 23.0 Å². The molecule has 1 fully saturated rings. The number of amides is 1. The lowest BCUT2D eigenvalue weighted by molar-refractivity contribution is -0.121.